The van der Waals surface area contributed by atoms with E-state index in [0.717, 1.165) is 5.56 Å². The van der Waals surface area contributed by atoms with Crippen molar-refractivity contribution < 1.29 is 9.53 Å². The Morgan fingerprint density at radius 2 is 1.79 bits per heavy atom. The zero-order valence-electron chi connectivity index (χ0n) is 13.1. The van der Waals surface area contributed by atoms with Crippen LogP contribution in [0.3, 0.4) is 0 Å². The first-order valence-corrected chi connectivity index (χ1v) is 7.45. The maximum absolute atomic E-state index is 12.4. The molecule has 1 amide bonds. The summed E-state index contributed by atoms with van der Waals surface area (Å²) in [5, 5.41) is 2.73. The number of benzene rings is 1. The van der Waals surface area contributed by atoms with Crippen molar-refractivity contribution in [2.45, 2.75) is 13.5 Å². The number of amides is 1. The summed E-state index contributed by atoms with van der Waals surface area (Å²) < 4.78 is 5.78. The van der Waals surface area contributed by atoms with Gasteiger partial charge in [0.2, 0.25) is 0 Å². The zero-order chi connectivity index (χ0) is 16.8. The number of nitrogens with one attached hydrogen (secondary N) is 1. The molecule has 1 N–H and O–H groups in total. The molecule has 0 radical (unpaired) electrons. The van der Waals surface area contributed by atoms with E-state index in [-0.39, 0.29) is 11.6 Å². The third kappa shape index (κ3) is 3.73. The summed E-state index contributed by atoms with van der Waals surface area (Å²) in [6.07, 6.45) is 4.61. The monoisotopic (exact) mass is 320 g/mol. The van der Waals surface area contributed by atoms with Gasteiger partial charge in [-0.2, -0.15) is 0 Å². The van der Waals surface area contributed by atoms with Crippen LogP contribution >= 0.6 is 0 Å². The van der Waals surface area contributed by atoms with E-state index in [1.807, 2.05) is 30.3 Å². The molecule has 120 valence electrons. The molecule has 0 spiro atoms. The average Bonchev–Trinajstić information content (AvgIpc) is 2.62. The molecule has 2 aromatic heterocycles. The first-order valence-electron chi connectivity index (χ1n) is 7.45. The number of anilines is 1. The van der Waals surface area contributed by atoms with E-state index in [1.54, 1.807) is 31.5 Å². The molecule has 6 nitrogen and oxygen atoms in total. The van der Waals surface area contributed by atoms with Gasteiger partial charge in [-0.1, -0.05) is 30.3 Å². The van der Waals surface area contributed by atoms with Gasteiger partial charge in [0.05, 0.1) is 5.69 Å². The van der Waals surface area contributed by atoms with Crippen molar-refractivity contribution in [2.75, 3.05) is 5.32 Å². The van der Waals surface area contributed by atoms with Crippen molar-refractivity contribution in [3.05, 3.63) is 78.0 Å². The number of rotatable bonds is 5. The largest absolute Gasteiger partial charge is 0.485 e. The Kier molecular flexibility index (Phi) is 4.76. The maximum atomic E-state index is 12.4. The summed E-state index contributed by atoms with van der Waals surface area (Å²) in [4.78, 5) is 24.7. The summed E-state index contributed by atoms with van der Waals surface area (Å²) >= 11 is 0. The molecule has 3 aromatic rings. The van der Waals surface area contributed by atoms with Gasteiger partial charge in [-0.05, 0) is 24.6 Å². The van der Waals surface area contributed by atoms with Crippen LogP contribution in [0.1, 0.15) is 21.7 Å². The van der Waals surface area contributed by atoms with Crippen LogP contribution in [-0.4, -0.2) is 20.9 Å². The SMILES string of the molecule is Cc1nccnc1C(=O)Nc1ncccc1OCc1ccccc1. The molecule has 0 aliphatic carbocycles. The molecular weight excluding hydrogens is 304 g/mol. The predicted molar refractivity (Wildman–Crippen MR) is 89.7 cm³/mol. The standard InChI is InChI=1S/C18H16N4O2/c1-13-16(20-11-10-19-13)18(23)22-17-15(8-5-9-21-17)24-12-14-6-3-2-4-7-14/h2-11H,12H2,1H3,(H,21,22,23). The number of carbonyl (C=O) groups excluding carboxylic acids is 1. The van der Waals surface area contributed by atoms with Gasteiger partial charge in [0, 0.05) is 18.6 Å². The van der Waals surface area contributed by atoms with Gasteiger partial charge in [0.25, 0.3) is 5.91 Å². The van der Waals surface area contributed by atoms with E-state index in [1.165, 1.54) is 6.20 Å². The Morgan fingerprint density at radius 1 is 1.00 bits per heavy atom. The van der Waals surface area contributed by atoms with E-state index in [2.05, 4.69) is 20.3 Å². The average molecular weight is 320 g/mol. The van der Waals surface area contributed by atoms with Gasteiger partial charge in [-0.25, -0.2) is 9.97 Å². The predicted octanol–water partition coefficient (Wildman–Crippen LogP) is 3.01. The molecule has 0 unspecified atom stereocenters. The number of hydrogen-bond acceptors (Lipinski definition) is 5. The van der Waals surface area contributed by atoms with E-state index in [9.17, 15) is 4.79 Å². The molecule has 3 rings (SSSR count). The second-order valence-electron chi connectivity index (χ2n) is 5.07. The second-order valence-corrected chi connectivity index (χ2v) is 5.07. The molecule has 0 aliphatic heterocycles. The molecular formula is C18H16N4O2. The third-order valence-corrected chi connectivity index (χ3v) is 3.34. The van der Waals surface area contributed by atoms with E-state index < -0.39 is 0 Å². The molecule has 0 bridgehead atoms. The first kappa shape index (κ1) is 15.6. The maximum Gasteiger partial charge on any atom is 0.277 e. The number of aryl methyl sites for hydroxylation is 1. The zero-order valence-corrected chi connectivity index (χ0v) is 13.1. The molecule has 2 heterocycles. The summed E-state index contributed by atoms with van der Waals surface area (Å²) in [5.74, 6) is 0.476. The van der Waals surface area contributed by atoms with Crippen LogP contribution in [0.15, 0.2) is 61.1 Å². The molecule has 24 heavy (non-hydrogen) atoms. The highest BCUT2D eigenvalue weighted by molar-refractivity contribution is 6.03. The minimum atomic E-state index is -0.371. The number of carbonyl (C=O) groups is 1. The third-order valence-electron chi connectivity index (χ3n) is 3.34. The van der Waals surface area contributed by atoms with Crippen LogP contribution in [0.5, 0.6) is 5.75 Å². The number of pyridine rings is 1. The van der Waals surface area contributed by atoms with Crippen LogP contribution in [-0.2, 0) is 6.61 Å². The van der Waals surface area contributed by atoms with Crippen molar-refractivity contribution in [2.24, 2.45) is 0 Å². The van der Waals surface area contributed by atoms with Crippen molar-refractivity contribution in [3.8, 4) is 5.75 Å². The highest BCUT2D eigenvalue weighted by atomic mass is 16.5. The van der Waals surface area contributed by atoms with Crippen molar-refractivity contribution in [1.82, 2.24) is 15.0 Å². The van der Waals surface area contributed by atoms with Crippen LogP contribution in [0, 0.1) is 6.92 Å². The molecule has 6 heteroatoms. The first-order chi connectivity index (χ1) is 11.7. The fourth-order valence-electron chi connectivity index (χ4n) is 2.13. The van der Waals surface area contributed by atoms with E-state index in [4.69, 9.17) is 4.74 Å². The fourth-order valence-corrected chi connectivity index (χ4v) is 2.13. The van der Waals surface area contributed by atoms with Crippen LogP contribution < -0.4 is 10.1 Å². The Morgan fingerprint density at radius 3 is 2.58 bits per heavy atom. The molecule has 1 aromatic carbocycles. The Labute approximate surface area is 139 Å². The Bertz CT molecular complexity index is 837. The summed E-state index contributed by atoms with van der Waals surface area (Å²) in [6.45, 7) is 2.12. The topological polar surface area (TPSA) is 77.0 Å². The quantitative estimate of drug-likeness (QED) is 0.782. The highest BCUT2D eigenvalue weighted by Gasteiger charge is 2.14. The van der Waals surface area contributed by atoms with E-state index in [0.29, 0.717) is 23.9 Å². The lowest BCUT2D eigenvalue weighted by atomic mass is 10.2. The summed E-state index contributed by atoms with van der Waals surface area (Å²) in [5.41, 5.74) is 1.85. The summed E-state index contributed by atoms with van der Waals surface area (Å²) in [6, 6.07) is 13.3. The molecule has 0 aliphatic rings. The van der Waals surface area contributed by atoms with Gasteiger partial charge >= 0.3 is 0 Å². The lowest BCUT2D eigenvalue weighted by molar-refractivity contribution is 0.102. The highest BCUT2D eigenvalue weighted by Crippen LogP contribution is 2.22. The Hall–Kier alpha value is -3.28. The molecule has 0 saturated heterocycles. The number of aromatic nitrogens is 3. The molecule has 0 fully saturated rings. The van der Waals surface area contributed by atoms with Gasteiger partial charge in [0.15, 0.2) is 11.6 Å². The van der Waals surface area contributed by atoms with Crippen LogP contribution in [0.25, 0.3) is 0 Å². The van der Waals surface area contributed by atoms with Crippen LogP contribution in [0.4, 0.5) is 5.82 Å². The van der Waals surface area contributed by atoms with Crippen molar-refractivity contribution in [1.29, 1.82) is 0 Å². The van der Waals surface area contributed by atoms with Crippen molar-refractivity contribution >= 4 is 11.7 Å². The van der Waals surface area contributed by atoms with Crippen LogP contribution in [0.2, 0.25) is 0 Å². The minimum absolute atomic E-state index is 0.261. The number of hydrogen-bond donors (Lipinski definition) is 1. The van der Waals surface area contributed by atoms with Crippen molar-refractivity contribution in [3.63, 3.8) is 0 Å². The van der Waals surface area contributed by atoms with Gasteiger partial charge in [-0.3, -0.25) is 9.78 Å². The Balaban J connectivity index is 1.74. The second kappa shape index (κ2) is 7.32. The lowest BCUT2D eigenvalue weighted by Crippen LogP contribution is -2.17. The summed E-state index contributed by atoms with van der Waals surface area (Å²) in [7, 11) is 0. The number of nitrogens with zero attached hydrogens (tertiary/aromatic N) is 3. The minimum Gasteiger partial charge on any atom is -0.485 e. The smallest absolute Gasteiger partial charge is 0.277 e. The lowest BCUT2D eigenvalue weighted by Gasteiger charge is -2.11. The van der Waals surface area contributed by atoms with Gasteiger partial charge in [0.1, 0.15) is 12.3 Å². The normalized spacial score (nSPS) is 10.2. The van der Waals surface area contributed by atoms with E-state index >= 15 is 0 Å². The van der Waals surface area contributed by atoms with Gasteiger partial charge < -0.3 is 10.1 Å². The van der Waals surface area contributed by atoms with Gasteiger partial charge in [-0.15, -0.1) is 0 Å². The molecule has 0 atom stereocenters. The number of ether oxygens (including phenoxy) is 1. The fraction of sp³-hybridized carbons (Fsp3) is 0.111. The molecule has 0 saturated carbocycles.